The predicted molar refractivity (Wildman–Crippen MR) is 175 cm³/mol. The number of ether oxygens (including phenoxy) is 1. The highest BCUT2D eigenvalue weighted by Crippen LogP contribution is 2.45. The minimum atomic E-state index is -4.72. The quantitative estimate of drug-likeness (QED) is 0.0927. The molecule has 0 aliphatic heterocycles. The Morgan fingerprint density at radius 1 is 0.612 bits per heavy atom. The van der Waals surface area contributed by atoms with Crippen LogP contribution in [0.1, 0.15) is 127 Å². The van der Waals surface area contributed by atoms with Crippen LogP contribution in [0.3, 0.4) is 0 Å². The number of halogens is 8. The first-order valence-electron chi connectivity index (χ1n) is 18.0. The van der Waals surface area contributed by atoms with Gasteiger partial charge in [-0.3, -0.25) is 0 Å². The van der Waals surface area contributed by atoms with Crippen molar-refractivity contribution in [3.05, 3.63) is 88.5 Å². The molecule has 0 radical (unpaired) electrons. The summed E-state index contributed by atoms with van der Waals surface area (Å²) in [5.74, 6) is -8.49. The van der Waals surface area contributed by atoms with Gasteiger partial charge in [0.15, 0.2) is 17.5 Å². The lowest BCUT2D eigenvalue weighted by Crippen LogP contribution is -2.25. The van der Waals surface area contributed by atoms with E-state index in [1.807, 2.05) is 0 Å². The first-order valence-corrected chi connectivity index (χ1v) is 18.0. The van der Waals surface area contributed by atoms with Gasteiger partial charge in [-0.25, -0.2) is 26.3 Å². The van der Waals surface area contributed by atoms with Crippen LogP contribution >= 0.6 is 0 Å². The Balaban J connectivity index is 1.14. The largest absolute Gasteiger partial charge is 0.432 e. The van der Waals surface area contributed by atoms with E-state index in [2.05, 4.69) is 11.7 Å². The van der Waals surface area contributed by atoms with Gasteiger partial charge in [0.2, 0.25) is 0 Å². The fourth-order valence-corrected chi connectivity index (χ4v) is 8.08. The lowest BCUT2D eigenvalue weighted by molar-refractivity contribution is -0.189. The molecule has 49 heavy (non-hydrogen) atoms. The standard InChI is InChI=1S/C40H46F8O/c1-2-3-4-5-6-7-8-9-25-10-12-26(13-11-25)27-14-16-28(17-15-27)29-18-19-32(33(41)20-29)30-21-34(42)38(35(43)22-30)40(47,48)49-31-23-36(44)39(46)37(45)24-31/h18-28H,2-17H2,1H3. The van der Waals surface area contributed by atoms with E-state index < -0.39 is 52.3 Å². The maximum atomic E-state index is 15.4. The monoisotopic (exact) mass is 694 g/mol. The van der Waals surface area contributed by atoms with Gasteiger partial charge in [-0.05, 0) is 91.5 Å². The Hall–Kier alpha value is -3.10. The van der Waals surface area contributed by atoms with Crippen molar-refractivity contribution in [3.8, 4) is 16.9 Å². The molecule has 3 aromatic rings. The molecule has 2 saturated carbocycles. The molecule has 3 aromatic carbocycles. The van der Waals surface area contributed by atoms with Gasteiger partial charge in [-0.1, -0.05) is 83.3 Å². The zero-order chi connectivity index (χ0) is 35.1. The topological polar surface area (TPSA) is 9.23 Å². The maximum absolute atomic E-state index is 15.4. The average Bonchev–Trinajstić information content (AvgIpc) is 3.06. The number of benzene rings is 3. The van der Waals surface area contributed by atoms with Crippen molar-refractivity contribution in [3.63, 3.8) is 0 Å². The Kier molecular flexibility index (Phi) is 12.7. The summed E-state index contributed by atoms with van der Waals surface area (Å²) in [6.45, 7) is 2.25. The van der Waals surface area contributed by atoms with Crippen LogP contribution < -0.4 is 4.74 Å². The molecule has 0 unspecified atom stereocenters. The minimum Gasteiger partial charge on any atom is -0.429 e. The van der Waals surface area contributed by atoms with Gasteiger partial charge in [-0.2, -0.15) is 8.78 Å². The van der Waals surface area contributed by atoms with Crippen molar-refractivity contribution < 1.29 is 39.9 Å². The molecule has 0 atom stereocenters. The van der Waals surface area contributed by atoms with Gasteiger partial charge < -0.3 is 4.74 Å². The van der Waals surface area contributed by atoms with Crippen molar-refractivity contribution in [2.24, 2.45) is 17.8 Å². The van der Waals surface area contributed by atoms with Gasteiger partial charge in [0.1, 0.15) is 28.8 Å². The lowest BCUT2D eigenvalue weighted by Gasteiger charge is -2.38. The van der Waals surface area contributed by atoms with Crippen LogP contribution in [0, 0.1) is 52.7 Å². The molecule has 0 amide bonds. The van der Waals surface area contributed by atoms with Crippen molar-refractivity contribution in [1.29, 1.82) is 0 Å². The van der Waals surface area contributed by atoms with Gasteiger partial charge >= 0.3 is 6.11 Å². The predicted octanol–water partition coefficient (Wildman–Crippen LogP) is 13.5. The third-order valence-electron chi connectivity index (χ3n) is 10.9. The Bertz CT molecular complexity index is 1490. The van der Waals surface area contributed by atoms with E-state index in [4.69, 9.17) is 0 Å². The summed E-state index contributed by atoms with van der Waals surface area (Å²) in [6.07, 6.45) is 15.4. The van der Waals surface area contributed by atoms with E-state index >= 15 is 4.39 Å². The summed E-state index contributed by atoms with van der Waals surface area (Å²) in [6, 6.07) is 5.83. The zero-order valence-corrected chi connectivity index (χ0v) is 28.1. The van der Waals surface area contributed by atoms with E-state index in [-0.39, 0.29) is 29.2 Å². The van der Waals surface area contributed by atoms with Crippen molar-refractivity contribution in [2.45, 2.75) is 122 Å². The van der Waals surface area contributed by atoms with E-state index in [0.29, 0.717) is 18.1 Å². The second kappa shape index (κ2) is 16.7. The first-order chi connectivity index (χ1) is 23.5. The normalized spacial score (nSPS) is 21.6. The van der Waals surface area contributed by atoms with Crippen LogP contribution in [0.4, 0.5) is 35.1 Å². The second-order valence-electron chi connectivity index (χ2n) is 14.2. The Labute approximate surface area is 284 Å². The van der Waals surface area contributed by atoms with Crippen molar-refractivity contribution in [2.75, 3.05) is 0 Å². The molecule has 2 aliphatic carbocycles. The fraction of sp³-hybridized carbons (Fsp3) is 0.550. The molecule has 0 aromatic heterocycles. The molecule has 5 rings (SSSR count). The molecule has 1 nitrogen and oxygen atoms in total. The highest BCUT2D eigenvalue weighted by molar-refractivity contribution is 5.65. The zero-order valence-electron chi connectivity index (χ0n) is 28.1. The van der Waals surface area contributed by atoms with E-state index in [0.717, 1.165) is 43.1 Å². The number of unbranched alkanes of at least 4 members (excludes halogenated alkanes) is 6. The number of rotatable bonds is 14. The molecule has 0 saturated heterocycles. The van der Waals surface area contributed by atoms with Crippen LogP contribution in [0.2, 0.25) is 0 Å². The van der Waals surface area contributed by atoms with Crippen LogP contribution in [-0.4, -0.2) is 0 Å². The second-order valence-corrected chi connectivity index (χ2v) is 14.2. The van der Waals surface area contributed by atoms with Gasteiger partial charge in [0.05, 0.1) is 0 Å². The van der Waals surface area contributed by atoms with E-state index in [1.165, 1.54) is 89.2 Å². The molecule has 268 valence electrons. The summed E-state index contributed by atoms with van der Waals surface area (Å²) in [4.78, 5) is 0. The summed E-state index contributed by atoms with van der Waals surface area (Å²) >= 11 is 0. The maximum Gasteiger partial charge on any atom is 0.432 e. The molecule has 0 heterocycles. The van der Waals surface area contributed by atoms with Gasteiger partial charge in [-0.15, -0.1) is 0 Å². The van der Waals surface area contributed by atoms with E-state index in [9.17, 15) is 30.7 Å². The van der Waals surface area contributed by atoms with E-state index in [1.54, 1.807) is 6.07 Å². The summed E-state index contributed by atoms with van der Waals surface area (Å²) in [7, 11) is 0. The fourth-order valence-electron chi connectivity index (χ4n) is 8.08. The number of hydrogen-bond donors (Lipinski definition) is 0. The smallest absolute Gasteiger partial charge is 0.429 e. The third kappa shape index (κ3) is 9.37. The first kappa shape index (κ1) is 37.2. The highest BCUT2D eigenvalue weighted by Gasteiger charge is 2.42. The van der Waals surface area contributed by atoms with Gasteiger partial charge in [0, 0.05) is 17.7 Å². The molecular formula is C40H46F8O. The molecule has 2 aliphatic rings. The highest BCUT2D eigenvalue weighted by atomic mass is 19.3. The van der Waals surface area contributed by atoms with Crippen LogP contribution in [-0.2, 0) is 6.11 Å². The number of hydrogen-bond acceptors (Lipinski definition) is 1. The third-order valence-corrected chi connectivity index (χ3v) is 10.9. The molecular weight excluding hydrogens is 648 g/mol. The Morgan fingerprint density at radius 2 is 1.16 bits per heavy atom. The Morgan fingerprint density at radius 3 is 1.73 bits per heavy atom. The summed E-state index contributed by atoms with van der Waals surface area (Å²) in [5, 5.41) is 0. The minimum absolute atomic E-state index is 0.128. The van der Waals surface area contributed by atoms with Gasteiger partial charge in [0.25, 0.3) is 0 Å². The van der Waals surface area contributed by atoms with Crippen LogP contribution in [0.15, 0.2) is 42.5 Å². The van der Waals surface area contributed by atoms with Crippen molar-refractivity contribution >= 4 is 0 Å². The SMILES string of the molecule is CCCCCCCCCC1CCC(C2CCC(c3ccc(-c4cc(F)c(C(F)(F)Oc5cc(F)c(F)c(F)c5)c(F)c4)c(F)c3)CC2)CC1. The summed E-state index contributed by atoms with van der Waals surface area (Å²) < 4.78 is 119. The summed E-state index contributed by atoms with van der Waals surface area (Å²) in [5.41, 5.74) is -1.50. The van der Waals surface area contributed by atoms with Crippen molar-refractivity contribution in [1.82, 2.24) is 0 Å². The molecule has 2 fully saturated rings. The molecule has 9 heteroatoms. The molecule has 0 spiro atoms. The molecule has 0 bridgehead atoms. The van der Waals surface area contributed by atoms with Crippen LogP contribution in [0.5, 0.6) is 5.75 Å². The van der Waals surface area contributed by atoms with Crippen LogP contribution in [0.25, 0.3) is 11.1 Å². The average molecular weight is 695 g/mol. The number of alkyl halides is 2. The molecule has 0 N–H and O–H groups in total. The lowest BCUT2D eigenvalue weighted by atomic mass is 9.68.